The van der Waals surface area contributed by atoms with Crippen LogP contribution in [0.15, 0.2) is 58.4 Å². The molecule has 0 aromatic heterocycles. The molecule has 9 heteroatoms. The minimum absolute atomic E-state index is 0. The fraction of sp³-hybridized carbons (Fsp3) is 0.350. The van der Waals surface area contributed by atoms with Gasteiger partial charge in [0.25, 0.3) is 0 Å². The zero-order valence-electron chi connectivity index (χ0n) is 16.9. The Labute approximate surface area is 190 Å². The maximum atomic E-state index is 11.3. The first-order valence-corrected chi connectivity index (χ1v) is 10.6. The first kappa shape index (κ1) is 25.2. The maximum Gasteiger partial charge on any atom is 0.238 e. The largest absolute Gasteiger partial charge is 0.489 e. The van der Waals surface area contributed by atoms with Crippen LogP contribution in [0.5, 0.6) is 5.75 Å². The number of ether oxygens (including phenoxy) is 1. The van der Waals surface area contributed by atoms with Crippen LogP contribution in [-0.4, -0.2) is 40.6 Å². The minimum Gasteiger partial charge on any atom is -0.489 e. The molecule has 7 nitrogen and oxygen atoms in total. The van der Waals surface area contributed by atoms with E-state index in [0.29, 0.717) is 19.0 Å². The van der Waals surface area contributed by atoms with E-state index in [-0.39, 0.29) is 35.0 Å². The summed E-state index contributed by atoms with van der Waals surface area (Å²) in [5.41, 5.74) is 2.11. The van der Waals surface area contributed by atoms with Crippen molar-refractivity contribution in [3.63, 3.8) is 0 Å². The number of aryl methyl sites for hydroxylation is 1. The molecular formula is C20H29IN4O3S. The first-order valence-electron chi connectivity index (χ1n) is 9.08. The number of para-hydroxylation sites is 1. The number of nitrogens with one attached hydrogen (secondary N) is 2. The molecule has 0 aliphatic carbocycles. The van der Waals surface area contributed by atoms with Crippen molar-refractivity contribution in [1.29, 1.82) is 0 Å². The Kier molecular flexibility index (Phi) is 10.4. The molecule has 0 saturated carbocycles. The fourth-order valence-corrected chi connectivity index (χ4v) is 3.09. The summed E-state index contributed by atoms with van der Waals surface area (Å²) in [4.78, 5) is 4.32. The number of nitrogens with two attached hydrogens (primary N) is 1. The number of nitrogens with zero attached hydrogens (tertiary/aromatic N) is 1. The van der Waals surface area contributed by atoms with Gasteiger partial charge in [-0.15, -0.1) is 24.0 Å². The maximum absolute atomic E-state index is 11.3. The van der Waals surface area contributed by atoms with Crippen LogP contribution in [0.1, 0.15) is 18.1 Å². The highest BCUT2D eigenvalue weighted by Gasteiger charge is 2.08. The Morgan fingerprint density at radius 1 is 1.14 bits per heavy atom. The molecule has 2 rings (SSSR count). The molecular weight excluding hydrogens is 503 g/mol. The summed E-state index contributed by atoms with van der Waals surface area (Å²) in [6.07, 6.45) is 0.700. The third-order valence-electron chi connectivity index (χ3n) is 4.16. The lowest BCUT2D eigenvalue weighted by Gasteiger charge is -2.18. The smallest absolute Gasteiger partial charge is 0.238 e. The van der Waals surface area contributed by atoms with Crippen molar-refractivity contribution in [3.05, 3.63) is 59.7 Å². The standard InChI is InChI=1S/C20H28N4O3S.HI/c1-15-6-4-5-7-19(15)27-16(2)14-24-20(22-3)23-13-12-17-8-10-18(11-9-17)28(21,25)26;/h4-11,16H,12-14H2,1-3H3,(H2,21,25,26)(H2,22,23,24);1H. The van der Waals surface area contributed by atoms with E-state index in [2.05, 4.69) is 15.6 Å². The van der Waals surface area contributed by atoms with E-state index in [9.17, 15) is 8.42 Å². The molecule has 1 atom stereocenters. The Balaban J connectivity index is 0.00000420. The minimum atomic E-state index is -3.66. The van der Waals surface area contributed by atoms with Gasteiger partial charge in [0.15, 0.2) is 5.96 Å². The molecule has 0 spiro atoms. The van der Waals surface area contributed by atoms with Gasteiger partial charge in [0, 0.05) is 13.6 Å². The number of halogens is 1. The summed E-state index contributed by atoms with van der Waals surface area (Å²) < 4.78 is 28.5. The molecule has 1 unspecified atom stereocenters. The fourth-order valence-electron chi connectivity index (χ4n) is 2.58. The second-order valence-corrected chi connectivity index (χ2v) is 8.07. The first-order chi connectivity index (χ1) is 13.3. The zero-order valence-corrected chi connectivity index (χ0v) is 20.0. The van der Waals surface area contributed by atoms with E-state index >= 15 is 0 Å². The molecule has 160 valence electrons. The Bertz CT molecular complexity index is 902. The van der Waals surface area contributed by atoms with E-state index in [1.807, 2.05) is 38.1 Å². The summed E-state index contributed by atoms with van der Waals surface area (Å²) in [5, 5.41) is 11.6. The number of benzene rings is 2. The number of aliphatic imine (C=N–C) groups is 1. The molecule has 0 amide bonds. The molecule has 0 radical (unpaired) electrons. The second-order valence-electron chi connectivity index (χ2n) is 6.51. The van der Waals surface area contributed by atoms with Gasteiger partial charge in [0.1, 0.15) is 11.9 Å². The second kappa shape index (κ2) is 12.0. The Hall–Kier alpha value is -1.85. The molecule has 0 heterocycles. The highest BCUT2D eigenvalue weighted by Crippen LogP contribution is 2.17. The van der Waals surface area contributed by atoms with E-state index in [1.54, 1.807) is 19.2 Å². The quantitative estimate of drug-likeness (QED) is 0.275. The topological polar surface area (TPSA) is 106 Å². The molecule has 0 aliphatic heterocycles. The molecule has 0 bridgehead atoms. The van der Waals surface area contributed by atoms with Gasteiger partial charge in [-0.25, -0.2) is 13.6 Å². The average Bonchev–Trinajstić information content (AvgIpc) is 2.66. The Morgan fingerprint density at radius 3 is 2.38 bits per heavy atom. The normalized spacial score (nSPS) is 12.6. The van der Waals surface area contributed by atoms with Gasteiger partial charge in [-0.2, -0.15) is 0 Å². The van der Waals surface area contributed by atoms with Gasteiger partial charge in [-0.1, -0.05) is 30.3 Å². The van der Waals surface area contributed by atoms with Crippen LogP contribution in [0.3, 0.4) is 0 Å². The molecule has 0 saturated heterocycles. The Morgan fingerprint density at radius 2 is 1.79 bits per heavy atom. The zero-order chi connectivity index (χ0) is 20.6. The van der Waals surface area contributed by atoms with Gasteiger partial charge in [0.05, 0.1) is 11.4 Å². The lowest BCUT2D eigenvalue weighted by atomic mass is 10.1. The van der Waals surface area contributed by atoms with E-state index in [0.717, 1.165) is 23.3 Å². The van der Waals surface area contributed by atoms with Crippen molar-refractivity contribution < 1.29 is 13.2 Å². The third kappa shape index (κ3) is 8.58. The van der Waals surface area contributed by atoms with Crippen LogP contribution in [0, 0.1) is 6.92 Å². The van der Waals surface area contributed by atoms with Crippen molar-refractivity contribution in [2.45, 2.75) is 31.3 Å². The molecule has 0 aliphatic rings. The summed E-state index contributed by atoms with van der Waals surface area (Å²) in [6.45, 7) is 5.28. The van der Waals surface area contributed by atoms with E-state index in [1.165, 1.54) is 12.1 Å². The molecule has 4 N–H and O–H groups in total. The SMILES string of the molecule is CN=C(NCCc1ccc(S(N)(=O)=O)cc1)NCC(C)Oc1ccccc1C.I. The van der Waals surface area contributed by atoms with Crippen molar-refractivity contribution in [2.24, 2.45) is 10.1 Å². The van der Waals surface area contributed by atoms with Gasteiger partial charge in [0.2, 0.25) is 10.0 Å². The predicted molar refractivity (Wildman–Crippen MR) is 128 cm³/mol. The van der Waals surface area contributed by atoms with Crippen LogP contribution in [0.4, 0.5) is 0 Å². The van der Waals surface area contributed by atoms with Crippen LogP contribution in [-0.2, 0) is 16.4 Å². The van der Waals surface area contributed by atoms with Crippen molar-refractivity contribution >= 4 is 40.0 Å². The molecule has 29 heavy (non-hydrogen) atoms. The van der Waals surface area contributed by atoms with Crippen molar-refractivity contribution in [2.75, 3.05) is 20.1 Å². The number of sulfonamides is 1. The highest BCUT2D eigenvalue weighted by molar-refractivity contribution is 14.0. The van der Waals surface area contributed by atoms with Gasteiger partial charge >= 0.3 is 0 Å². The van der Waals surface area contributed by atoms with Crippen molar-refractivity contribution in [1.82, 2.24) is 10.6 Å². The summed E-state index contributed by atoms with van der Waals surface area (Å²) in [6, 6.07) is 14.5. The van der Waals surface area contributed by atoms with Crippen LogP contribution < -0.4 is 20.5 Å². The predicted octanol–water partition coefficient (Wildman–Crippen LogP) is 2.44. The number of rotatable bonds is 8. The number of hydrogen-bond donors (Lipinski definition) is 3. The number of primary sulfonamides is 1. The van der Waals surface area contributed by atoms with Crippen LogP contribution >= 0.6 is 24.0 Å². The monoisotopic (exact) mass is 532 g/mol. The van der Waals surface area contributed by atoms with Crippen molar-refractivity contribution in [3.8, 4) is 5.75 Å². The lowest BCUT2D eigenvalue weighted by molar-refractivity contribution is 0.222. The summed E-state index contributed by atoms with van der Waals surface area (Å²) in [7, 11) is -1.94. The van der Waals surface area contributed by atoms with Gasteiger partial charge in [-0.3, -0.25) is 4.99 Å². The van der Waals surface area contributed by atoms with Crippen LogP contribution in [0.25, 0.3) is 0 Å². The number of guanidine groups is 1. The lowest BCUT2D eigenvalue weighted by Crippen LogP contribution is -2.42. The van der Waals surface area contributed by atoms with E-state index in [4.69, 9.17) is 9.88 Å². The summed E-state index contributed by atoms with van der Waals surface area (Å²) in [5.74, 6) is 1.56. The van der Waals surface area contributed by atoms with Crippen LogP contribution in [0.2, 0.25) is 0 Å². The highest BCUT2D eigenvalue weighted by atomic mass is 127. The van der Waals surface area contributed by atoms with Gasteiger partial charge < -0.3 is 15.4 Å². The van der Waals surface area contributed by atoms with E-state index < -0.39 is 10.0 Å². The molecule has 2 aromatic carbocycles. The third-order valence-corrected chi connectivity index (χ3v) is 5.09. The molecule has 0 fully saturated rings. The molecule has 2 aromatic rings. The average molecular weight is 532 g/mol. The van der Waals surface area contributed by atoms with Gasteiger partial charge in [-0.05, 0) is 49.6 Å². The number of hydrogen-bond acceptors (Lipinski definition) is 4. The summed E-state index contributed by atoms with van der Waals surface area (Å²) >= 11 is 0.